The van der Waals surface area contributed by atoms with Gasteiger partial charge in [-0.1, -0.05) is 6.92 Å². The molecule has 0 aliphatic heterocycles. The van der Waals surface area contributed by atoms with Crippen LogP contribution in [0.4, 0.5) is 0 Å². The molecule has 0 saturated heterocycles. The number of hydrogen-bond donors (Lipinski definition) is 0. The molecular weight excluding hydrogens is 226 g/mol. The van der Waals surface area contributed by atoms with Gasteiger partial charge in [0, 0.05) is 12.0 Å². The molecule has 3 nitrogen and oxygen atoms in total. The third-order valence-electron chi connectivity index (χ3n) is 2.92. The Kier molecular flexibility index (Phi) is 3.78. The lowest BCUT2D eigenvalue weighted by molar-refractivity contribution is -0.136. The lowest BCUT2D eigenvalue weighted by Crippen LogP contribution is -2.08. The maximum Gasteiger partial charge on any atom is 0.311 e. The van der Waals surface area contributed by atoms with E-state index in [1.807, 2.05) is 25.1 Å². The fraction of sp³-hybridized carbons (Fsp3) is 0.333. The van der Waals surface area contributed by atoms with Crippen molar-refractivity contribution in [2.75, 3.05) is 0 Å². The quantitative estimate of drug-likeness (QED) is 0.763. The fourth-order valence-corrected chi connectivity index (χ4v) is 2.05. The Labute approximate surface area is 107 Å². The third kappa shape index (κ3) is 2.60. The lowest BCUT2D eigenvalue weighted by Gasteiger charge is -2.17. The van der Waals surface area contributed by atoms with Gasteiger partial charge in [0.1, 0.15) is 5.76 Å². The van der Waals surface area contributed by atoms with Gasteiger partial charge in [-0.05, 0) is 49.1 Å². The highest BCUT2D eigenvalue weighted by atomic mass is 16.5. The molecule has 3 heteroatoms. The number of carbonyl (C=O) groups excluding carboxylic acids is 1. The van der Waals surface area contributed by atoms with Gasteiger partial charge in [-0.3, -0.25) is 4.79 Å². The predicted molar refractivity (Wildman–Crippen MR) is 68.5 cm³/mol. The molecule has 0 spiro atoms. The van der Waals surface area contributed by atoms with Crippen molar-refractivity contribution in [3.63, 3.8) is 0 Å². The molecule has 92 valence electrons. The largest absolute Gasteiger partial charge is 0.426 e. The number of fused-ring (bicyclic) bond motifs is 1. The molecule has 0 N–H and O–H groups in total. The Balaban J connectivity index is 2.24. The molecular formula is C15H15NO2. The maximum absolute atomic E-state index is 11.5. The van der Waals surface area contributed by atoms with Crippen LogP contribution in [0.5, 0.6) is 0 Å². The van der Waals surface area contributed by atoms with Crippen molar-refractivity contribution < 1.29 is 9.53 Å². The first-order valence-corrected chi connectivity index (χ1v) is 6.19. The topological polar surface area (TPSA) is 50.1 Å². The molecule has 1 aromatic carbocycles. The first-order valence-electron chi connectivity index (χ1n) is 6.19. The van der Waals surface area contributed by atoms with E-state index in [0.29, 0.717) is 17.7 Å². The van der Waals surface area contributed by atoms with Crippen LogP contribution >= 0.6 is 0 Å². The van der Waals surface area contributed by atoms with Gasteiger partial charge in [0.15, 0.2) is 0 Å². The van der Waals surface area contributed by atoms with E-state index < -0.39 is 0 Å². The number of nitriles is 1. The van der Waals surface area contributed by atoms with Crippen LogP contribution in [-0.2, 0) is 16.0 Å². The minimum Gasteiger partial charge on any atom is -0.426 e. The van der Waals surface area contributed by atoms with Gasteiger partial charge in [0.05, 0.1) is 11.6 Å². The molecule has 1 aliphatic carbocycles. The van der Waals surface area contributed by atoms with Gasteiger partial charge in [-0.25, -0.2) is 0 Å². The van der Waals surface area contributed by atoms with Gasteiger partial charge in [0.25, 0.3) is 0 Å². The summed E-state index contributed by atoms with van der Waals surface area (Å²) in [6.45, 7) is 1.95. The number of rotatable bonds is 3. The molecule has 0 fully saturated rings. The van der Waals surface area contributed by atoms with Crippen molar-refractivity contribution in [2.45, 2.75) is 32.6 Å². The number of benzene rings is 1. The summed E-state index contributed by atoms with van der Waals surface area (Å²) < 4.78 is 5.37. The maximum atomic E-state index is 11.5. The molecule has 1 aromatic rings. The van der Waals surface area contributed by atoms with Crippen molar-refractivity contribution in [1.29, 1.82) is 5.26 Å². The average Bonchev–Trinajstić information content (AvgIpc) is 2.38. The highest BCUT2D eigenvalue weighted by Gasteiger charge is 2.16. The zero-order valence-corrected chi connectivity index (χ0v) is 10.4. The van der Waals surface area contributed by atoms with Crippen molar-refractivity contribution in [2.24, 2.45) is 0 Å². The first kappa shape index (κ1) is 12.4. The Morgan fingerprint density at radius 3 is 3.06 bits per heavy atom. The van der Waals surface area contributed by atoms with Gasteiger partial charge >= 0.3 is 5.97 Å². The number of carbonyl (C=O) groups is 1. The molecule has 2 rings (SSSR count). The van der Waals surface area contributed by atoms with E-state index in [-0.39, 0.29) is 5.97 Å². The van der Waals surface area contributed by atoms with Gasteiger partial charge in [-0.15, -0.1) is 0 Å². The molecule has 18 heavy (non-hydrogen) atoms. The van der Waals surface area contributed by atoms with Crippen molar-refractivity contribution in [3.05, 3.63) is 41.0 Å². The van der Waals surface area contributed by atoms with Crippen LogP contribution in [0.2, 0.25) is 0 Å². The SMILES string of the molecule is CCCC(=O)OC1=CCCc2cc(C#N)ccc21. The molecule has 0 saturated carbocycles. The summed E-state index contributed by atoms with van der Waals surface area (Å²) >= 11 is 0. The van der Waals surface area contributed by atoms with E-state index in [9.17, 15) is 4.79 Å². The standard InChI is InChI=1S/C15H15NO2/c1-2-4-15(17)18-14-6-3-5-12-9-11(10-16)7-8-13(12)14/h6-9H,2-5H2,1H3. The normalized spacial score (nSPS) is 13.2. The van der Waals surface area contributed by atoms with Crippen LogP contribution in [-0.4, -0.2) is 5.97 Å². The second kappa shape index (κ2) is 5.50. The second-order valence-corrected chi connectivity index (χ2v) is 4.31. The predicted octanol–water partition coefficient (Wildman–Crippen LogP) is 3.19. The Morgan fingerprint density at radius 1 is 1.50 bits per heavy atom. The monoisotopic (exact) mass is 241 g/mol. The number of ether oxygens (including phenoxy) is 1. The van der Waals surface area contributed by atoms with Crippen LogP contribution in [0.3, 0.4) is 0 Å². The smallest absolute Gasteiger partial charge is 0.311 e. The van der Waals surface area contributed by atoms with Gasteiger partial charge in [0.2, 0.25) is 0 Å². The van der Waals surface area contributed by atoms with E-state index in [1.54, 1.807) is 6.07 Å². The van der Waals surface area contributed by atoms with Crippen LogP contribution < -0.4 is 0 Å². The van der Waals surface area contributed by atoms with E-state index >= 15 is 0 Å². The van der Waals surface area contributed by atoms with Crippen LogP contribution in [0, 0.1) is 11.3 Å². The summed E-state index contributed by atoms with van der Waals surface area (Å²) in [5.41, 5.74) is 2.66. The van der Waals surface area contributed by atoms with Gasteiger partial charge in [-0.2, -0.15) is 5.26 Å². The summed E-state index contributed by atoms with van der Waals surface area (Å²) in [7, 11) is 0. The second-order valence-electron chi connectivity index (χ2n) is 4.31. The lowest BCUT2D eigenvalue weighted by atomic mass is 9.94. The molecule has 0 bridgehead atoms. The Bertz CT molecular complexity index is 538. The molecule has 1 aliphatic rings. The highest BCUT2D eigenvalue weighted by Crippen LogP contribution is 2.28. The summed E-state index contributed by atoms with van der Waals surface area (Å²) in [5, 5.41) is 8.87. The minimum atomic E-state index is -0.194. The summed E-state index contributed by atoms with van der Waals surface area (Å²) in [6.07, 6.45) is 4.90. The van der Waals surface area contributed by atoms with Crippen molar-refractivity contribution >= 4 is 11.7 Å². The van der Waals surface area contributed by atoms with Crippen molar-refractivity contribution in [3.8, 4) is 6.07 Å². The van der Waals surface area contributed by atoms with Crippen LogP contribution in [0.15, 0.2) is 24.3 Å². The number of allylic oxidation sites excluding steroid dienone is 1. The Morgan fingerprint density at radius 2 is 2.33 bits per heavy atom. The highest BCUT2D eigenvalue weighted by molar-refractivity contribution is 5.79. The summed E-state index contributed by atoms with van der Waals surface area (Å²) in [5.74, 6) is 0.445. The molecule has 0 heterocycles. The summed E-state index contributed by atoms with van der Waals surface area (Å²) in [4.78, 5) is 11.5. The zero-order valence-electron chi connectivity index (χ0n) is 10.4. The zero-order chi connectivity index (χ0) is 13.0. The molecule has 0 amide bonds. The molecule has 0 atom stereocenters. The van der Waals surface area contributed by atoms with E-state index in [1.165, 1.54) is 0 Å². The third-order valence-corrected chi connectivity index (χ3v) is 2.92. The number of hydrogen-bond acceptors (Lipinski definition) is 3. The number of nitrogens with zero attached hydrogens (tertiary/aromatic N) is 1. The Hall–Kier alpha value is -2.08. The molecule has 0 radical (unpaired) electrons. The fourth-order valence-electron chi connectivity index (χ4n) is 2.05. The van der Waals surface area contributed by atoms with Crippen LogP contribution in [0.1, 0.15) is 42.9 Å². The average molecular weight is 241 g/mol. The molecule has 0 aromatic heterocycles. The summed E-state index contributed by atoms with van der Waals surface area (Å²) in [6, 6.07) is 7.61. The van der Waals surface area contributed by atoms with Crippen LogP contribution in [0.25, 0.3) is 5.76 Å². The van der Waals surface area contributed by atoms with Gasteiger partial charge < -0.3 is 4.74 Å². The minimum absolute atomic E-state index is 0.194. The van der Waals surface area contributed by atoms with Crippen molar-refractivity contribution in [1.82, 2.24) is 0 Å². The number of aryl methyl sites for hydroxylation is 1. The van der Waals surface area contributed by atoms with E-state index in [2.05, 4.69) is 6.07 Å². The van der Waals surface area contributed by atoms with E-state index in [4.69, 9.17) is 10.00 Å². The number of esters is 1. The van der Waals surface area contributed by atoms with E-state index in [0.717, 1.165) is 30.4 Å². The first-order chi connectivity index (χ1) is 8.74. The molecule has 0 unspecified atom stereocenters.